The molecule has 1 N–H and O–H groups in total. The maximum atomic E-state index is 10.9. The summed E-state index contributed by atoms with van der Waals surface area (Å²) in [5.74, 6) is -0.942. The molecule has 0 bridgehead atoms. The molecule has 0 fully saturated rings. The lowest BCUT2D eigenvalue weighted by molar-refractivity contribution is 0.0701. The summed E-state index contributed by atoms with van der Waals surface area (Å²) in [6.07, 6.45) is 3.23. The minimum absolute atomic E-state index is 0.272. The quantitative estimate of drug-likeness (QED) is 0.920. The van der Waals surface area contributed by atoms with E-state index in [0.717, 1.165) is 22.1 Å². The average Bonchev–Trinajstić information content (AvgIpc) is 2.63. The zero-order valence-corrected chi connectivity index (χ0v) is 10.8. The van der Waals surface area contributed by atoms with E-state index in [1.54, 1.807) is 19.3 Å². The summed E-state index contributed by atoms with van der Waals surface area (Å²) in [7, 11) is 0. The van der Waals surface area contributed by atoms with E-state index in [9.17, 15) is 4.79 Å². The van der Waals surface area contributed by atoms with Gasteiger partial charge in [0.1, 0.15) is 9.90 Å². The average molecular weight is 267 g/mol. The Kier molecular flexibility index (Phi) is 3.39. The van der Waals surface area contributed by atoms with E-state index < -0.39 is 5.97 Å². The minimum atomic E-state index is -0.942. The van der Waals surface area contributed by atoms with Crippen LogP contribution in [-0.4, -0.2) is 26.0 Å². The zero-order chi connectivity index (χ0) is 12.4. The smallest absolute Gasteiger partial charge is 0.347 e. The van der Waals surface area contributed by atoms with E-state index in [1.165, 1.54) is 11.8 Å². The van der Waals surface area contributed by atoms with Crippen molar-refractivity contribution >= 4 is 29.1 Å². The first-order chi connectivity index (χ1) is 8.08. The highest BCUT2D eigenvalue weighted by Gasteiger charge is 2.15. The summed E-state index contributed by atoms with van der Waals surface area (Å²) in [5.41, 5.74) is 1.34. The molecule has 0 unspecified atom stereocenters. The zero-order valence-electron chi connectivity index (χ0n) is 9.17. The van der Waals surface area contributed by atoms with Crippen LogP contribution in [0.4, 0.5) is 0 Å². The maximum Gasteiger partial charge on any atom is 0.347 e. The molecule has 0 aromatic carbocycles. The summed E-state index contributed by atoms with van der Waals surface area (Å²) in [6.45, 7) is 3.54. The number of hydrogen-bond donors (Lipinski definition) is 1. The first kappa shape index (κ1) is 12.0. The van der Waals surface area contributed by atoms with Crippen LogP contribution in [0, 0.1) is 13.8 Å². The summed E-state index contributed by atoms with van der Waals surface area (Å²) in [4.78, 5) is 23.7. The number of carboxylic acids is 1. The summed E-state index contributed by atoms with van der Waals surface area (Å²) in [5, 5.41) is 9.68. The van der Waals surface area contributed by atoms with Gasteiger partial charge in [-0.05, 0) is 25.6 Å². The van der Waals surface area contributed by atoms with E-state index in [-0.39, 0.29) is 4.88 Å². The highest BCUT2D eigenvalue weighted by atomic mass is 32.2. The number of aromatic nitrogens is 3. The van der Waals surface area contributed by atoms with Crippen molar-refractivity contribution in [1.82, 2.24) is 15.0 Å². The molecule has 0 radical (unpaired) electrons. The normalized spacial score (nSPS) is 10.5. The maximum absolute atomic E-state index is 10.9. The summed E-state index contributed by atoms with van der Waals surface area (Å²) < 4.78 is 0.670. The highest BCUT2D eigenvalue weighted by molar-refractivity contribution is 8.01. The van der Waals surface area contributed by atoms with Gasteiger partial charge in [0.05, 0.1) is 11.4 Å². The Labute approximate surface area is 106 Å². The second-order valence-electron chi connectivity index (χ2n) is 3.25. The third kappa shape index (κ3) is 2.62. The van der Waals surface area contributed by atoms with Crippen LogP contribution in [0.5, 0.6) is 0 Å². The van der Waals surface area contributed by atoms with Crippen molar-refractivity contribution in [3.63, 3.8) is 0 Å². The predicted molar refractivity (Wildman–Crippen MR) is 64.7 cm³/mol. The molecule has 0 aliphatic heterocycles. The second-order valence-corrected chi connectivity index (χ2v) is 5.48. The van der Waals surface area contributed by atoms with Gasteiger partial charge in [0, 0.05) is 12.4 Å². The Morgan fingerprint density at radius 3 is 2.59 bits per heavy atom. The fourth-order valence-electron chi connectivity index (χ4n) is 1.19. The number of thiazole rings is 1. The number of rotatable bonds is 3. The highest BCUT2D eigenvalue weighted by Crippen LogP contribution is 2.32. The molecular weight excluding hydrogens is 258 g/mol. The van der Waals surface area contributed by atoms with Gasteiger partial charge in [-0.25, -0.2) is 14.8 Å². The number of hydrogen-bond acceptors (Lipinski definition) is 6. The lowest BCUT2D eigenvalue weighted by Gasteiger charge is -1.98. The van der Waals surface area contributed by atoms with Gasteiger partial charge in [0.15, 0.2) is 4.34 Å². The SMILES string of the molecule is Cc1nccnc1Sc1nc(C)c(C(=O)O)s1. The van der Waals surface area contributed by atoms with Crippen molar-refractivity contribution in [1.29, 1.82) is 0 Å². The van der Waals surface area contributed by atoms with Crippen LogP contribution in [0.2, 0.25) is 0 Å². The fourth-order valence-corrected chi connectivity index (χ4v) is 3.14. The van der Waals surface area contributed by atoms with Gasteiger partial charge in [-0.1, -0.05) is 11.3 Å². The molecular formula is C10H9N3O2S2. The number of carbonyl (C=O) groups is 1. The molecule has 0 saturated heterocycles. The van der Waals surface area contributed by atoms with Crippen LogP contribution in [0.15, 0.2) is 21.8 Å². The molecule has 2 aromatic heterocycles. The van der Waals surface area contributed by atoms with Crippen molar-refractivity contribution in [3.8, 4) is 0 Å². The lowest BCUT2D eigenvalue weighted by atomic mass is 10.4. The molecule has 5 nitrogen and oxygen atoms in total. The lowest BCUT2D eigenvalue weighted by Crippen LogP contribution is -1.94. The van der Waals surface area contributed by atoms with Crippen LogP contribution >= 0.6 is 23.1 Å². The first-order valence-electron chi connectivity index (χ1n) is 4.74. The van der Waals surface area contributed by atoms with E-state index in [2.05, 4.69) is 15.0 Å². The van der Waals surface area contributed by atoms with Crippen LogP contribution < -0.4 is 0 Å². The largest absolute Gasteiger partial charge is 0.477 e. The molecule has 0 spiro atoms. The van der Waals surface area contributed by atoms with Gasteiger partial charge in [0.2, 0.25) is 0 Å². The number of nitrogens with zero attached hydrogens (tertiary/aromatic N) is 3. The predicted octanol–water partition coefficient (Wildman–Crippen LogP) is 2.40. The van der Waals surface area contributed by atoms with E-state index in [4.69, 9.17) is 5.11 Å². The van der Waals surface area contributed by atoms with Crippen molar-refractivity contribution in [2.45, 2.75) is 23.2 Å². The van der Waals surface area contributed by atoms with Crippen molar-refractivity contribution in [2.24, 2.45) is 0 Å². The molecule has 2 rings (SSSR count). The Bertz CT molecular complexity index is 568. The summed E-state index contributed by atoms with van der Waals surface area (Å²) >= 11 is 2.49. The van der Waals surface area contributed by atoms with Crippen molar-refractivity contribution < 1.29 is 9.90 Å². The Morgan fingerprint density at radius 1 is 1.29 bits per heavy atom. The minimum Gasteiger partial charge on any atom is -0.477 e. The monoisotopic (exact) mass is 267 g/mol. The molecule has 17 heavy (non-hydrogen) atoms. The molecule has 2 heterocycles. The molecule has 0 aliphatic rings. The molecule has 2 aromatic rings. The first-order valence-corrected chi connectivity index (χ1v) is 6.37. The molecule has 0 saturated carbocycles. The van der Waals surface area contributed by atoms with E-state index in [0.29, 0.717) is 10.0 Å². The topological polar surface area (TPSA) is 76.0 Å². The number of aromatic carboxylic acids is 1. The molecule has 0 aliphatic carbocycles. The van der Waals surface area contributed by atoms with Crippen LogP contribution in [0.25, 0.3) is 0 Å². The van der Waals surface area contributed by atoms with Crippen LogP contribution in [-0.2, 0) is 0 Å². The fraction of sp³-hybridized carbons (Fsp3) is 0.200. The van der Waals surface area contributed by atoms with E-state index in [1.807, 2.05) is 6.92 Å². The van der Waals surface area contributed by atoms with E-state index >= 15 is 0 Å². The molecule has 88 valence electrons. The molecule has 7 heteroatoms. The Hall–Kier alpha value is -1.47. The van der Waals surface area contributed by atoms with Gasteiger partial charge in [-0.2, -0.15) is 0 Å². The van der Waals surface area contributed by atoms with Crippen LogP contribution in [0.1, 0.15) is 21.1 Å². The molecule has 0 amide bonds. The van der Waals surface area contributed by atoms with Gasteiger partial charge in [-0.15, -0.1) is 0 Å². The van der Waals surface area contributed by atoms with Crippen molar-refractivity contribution in [2.75, 3.05) is 0 Å². The van der Waals surface area contributed by atoms with Gasteiger partial charge in [-0.3, -0.25) is 4.98 Å². The Morgan fingerprint density at radius 2 is 2.00 bits per heavy atom. The summed E-state index contributed by atoms with van der Waals surface area (Å²) in [6, 6.07) is 0. The third-order valence-electron chi connectivity index (χ3n) is 1.99. The van der Waals surface area contributed by atoms with Gasteiger partial charge < -0.3 is 5.11 Å². The number of aryl methyl sites for hydroxylation is 2. The van der Waals surface area contributed by atoms with Crippen LogP contribution in [0.3, 0.4) is 0 Å². The standard InChI is InChI=1S/C10H9N3O2S2/c1-5-7(9(14)15)16-10(13-5)17-8-6(2)11-3-4-12-8/h3-4H,1-2H3,(H,14,15). The third-order valence-corrected chi connectivity index (χ3v) is 4.29. The molecule has 0 atom stereocenters. The van der Waals surface area contributed by atoms with Gasteiger partial charge in [0.25, 0.3) is 0 Å². The second kappa shape index (κ2) is 4.80. The Balaban J connectivity index is 2.28. The van der Waals surface area contributed by atoms with Gasteiger partial charge >= 0.3 is 5.97 Å². The van der Waals surface area contributed by atoms with Crippen molar-refractivity contribution in [3.05, 3.63) is 28.7 Å². The number of carboxylic acid groups (broad SMARTS) is 1.